The van der Waals surface area contributed by atoms with Gasteiger partial charge in [-0.15, -0.1) is 0 Å². The molecule has 7 unspecified atom stereocenters. The maximum Gasteiger partial charge on any atom is 0.106 e. The molecule has 2 rings (SSSR count). The summed E-state index contributed by atoms with van der Waals surface area (Å²) < 4.78 is 0. The average Bonchev–Trinajstić information content (AvgIpc) is 2.26. The average molecular weight is 174 g/mol. The summed E-state index contributed by atoms with van der Waals surface area (Å²) in [5.74, 6) is -0.480. The van der Waals surface area contributed by atoms with Crippen LogP contribution in [0.5, 0.6) is 0 Å². The highest BCUT2D eigenvalue weighted by atomic mass is 16.4. The van der Waals surface area contributed by atoms with E-state index in [2.05, 4.69) is 0 Å². The molecular weight excluding hydrogens is 160 g/mol. The molecule has 0 aromatic heterocycles. The maximum absolute atomic E-state index is 9.43. The predicted molar refractivity (Wildman–Crippen MR) is 40.2 cm³/mol. The first-order chi connectivity index (χ1) is 5.55. The van der Waals surface area contributed by atoms with Gasteiger partial charge in [0.15, 0.2) is 0 Å². The summed E-state index contributed by atoms with van der Waals surface area (Å²) in [6.07, 6.45) is -3.49. The first-order valence-electron chi connectivity index (χ1n) is 4.28. The van der Waals surface area contributed by atoms with E-state index in [1.165, 1.54) is 0 Å². The van der Waals surface area contributed by atoms with Crippen LogP contribution in [-0.4, -0.2) is 44.8 Å². The zero-order valence-electron chi connectivity index (χ0n) is 6.83. The Morgan fingerprint density at radius 1 is 0.667 bits per heavy atom. The van der Waals surface area contributed by atoms with Crippen LogP contribution in [0.15, 0.2) is 0 Å². The lowest BCUT2D eigenvalue weighted by Gasteiger charge is -2.45. The van der Waals surface area contributed by atoms with Crippen molar-refractivity contribution in [2.75, 3.05) is 0 Å². The van der Waals surface area contributed by atoms with Gasteiger partial charge in [-0.05, 0) is 5.92 Å². The minimum absolute atomic E-state index is 0.0169. The highest BCUT2D eigenvalue weighted by Crippen LogP contribution is 2.51. The van der Waals surface area contributed by atoms with E-state index in [4.69, 9.17) is 0 Å². The molecule has 70 valence electrons. The van der Waals surface area contributed by atoms with Crippen molar-refractivity contribution in [1.29, 1.82) is 0 Å². The number of aliphatic hydroxyl groups is 4. The molecule has 0 radical (unpaired) electrons. The fraction of sp³-hybridized carbons (Fsp3) is 1.00. The lowest BCUT2D eigenvalue weighted by molar-refractivity contribution is -0.130. The topological polar surface area (TPSA) is 80.9 Å². The van der Waals surface area contributed by atoms with Crippen molar-refractivity contribution in [2.24, 2.45) is 17.8 Å². The van der Waals surface area contributed by atoms with Crippen LogP contribution >= 0.6 is 0 Å². The van der Waals surface area contributed by atoms with Gasteiger partial charge in [-0.2, -0.15) is 0 Å². The summed E-state index contributed by atoms with van der Waals surface area (Å²) in [7, 11) is 0. The first kappa shape index (κ1) is 8.44. The van der Waals surface area contributed by atoms with Crippen LogP contribution in [0.4, 0.5) is 0 Å². The largest absolute Gasteiger partial charge is 0.392 e. The van der Waals surface area contributed by atoms with Gasteiger partial charge in [0.05, 0.1) is 18.3 Å². The van der Waals surface area contributed by atoms with Crippen LogP contribution in [0.2, 0.25) is 0 Å². The summed E-state index contributed by atoms with van der Waals surface area (Å²) in [4.78, 5) is 0. The van der Waals surface area contributed by atoms with Gasteiger partial charge in [0, 0.05) is 11.8 Å². The van der Waals surface area contributed by atoms with Crippen molar-refractivity contribution in [3.05, 3.63) is 0 Å². The van der Waals surface area contributed by atoms with Crippen LogP contribution < -0.4 is 0 Å². The molecule has 2 aliphatic carbocycles. The quantitative estimate of drug-likeness (QED) is 0.354. The molecule has 2 fully saturated rings. The molecule has 7 atom stereocenters. The van der Waals surface area contributed by atoms with Gasteiger partial charge in [0.25, 0.3) is 0 Å². The molecule has 4 heteroatoms. The Balaban J connectivity index is 2.19. The van der Waals surface area contributed by atoms with E-state index in [0.29, 0.717) is 0 Å². The Morgan fingerprint density at radius 2 is 1.17 bits per heavy atom. The van der Waals surface area contributed by atoms with Gasteiger partial charge in [0.1, 0.15) is 6.10 Å². The molecular formula is C8H14O4. The molecule has 2 saturated carbocycles. The van der Waals surface area contributed by atoms with E-state index in [0.717, 1.165) is 0 Å². The van der Waals surface area contributed by atoms with E-state index in [1.54, 1.807) is 0 Å². The van der Waals surface area contributed by atoms with Crippen molar-refractivity contribution in [2.45, 2.75) is 31.3 Å². The van der Waals surface area contributed by atoms with Gasteiger partial charge >= 0.3 is 0 Å². The first-order valence-corrected chi connectivity index (χ1v) is 4.28. The molecule has 0 amide bonds. The van der Waals surface area contributed by atoms with Gasteiger partial charge < -0.3 is 20.4 Å². The van der Waals surface area contributed by atoms with Crippen molar-refractivity contribution in [3.8, 4) is 0 Å². The minimum atomic E-state index is -1.08. The molecule has 0 spiro atoms. The van der Waals surface area contributed by atoms with E-state index in [9.17, 15) is 20.4 Å². The fourth-order valence-electron chi connectivity index (χ4n) is 2.64. The molecule has 0 bridgehead atoms. The lowest BCUT2D eigenvalue weighted by Crippen LogP contribution is -2.53. The third-order valence-electron chi connectivity index (χ3n) is 3.47. The third-order valence-corrected chi connectivity index (χ3v) is 3.47. The van der Waals surface area contributed by atoms with Crippen LogP contribution in [-0.2, 0) is 0 Å². The lowest BCUT2D eigenvalue weighted by atomic mass is 9.64. The third kappa shape index (κ3) is 0.758. The zero-order chi connectivity index (χ0) is 9.04. The zero-order valence-corrected chi connectivity index (χ0v) is 6.83. The van der Waals surface area contributed by atoms with Crippen molar-refractivity contribution in [3.63, 3.8) is 0 Å². The summed E-state index contributed by atoms with van der Waals surface area (Å²) in [6, 6.07) is 0. The fourth-order valence-corrected chi connectivity index (χ4v) is 2.64. The van der Waals surface area contributed by atoms with Crippen molar-refractivity contribution >= 4 is 0 Å². The monoisotopic (exact) mass is 174 g/mol. The van der Waals surface area contributed by atoms with Gasteiger partial charge in [-0.1, -0.05) is 6.92 Å². The van der Waals surface area contributed by atoms with Crippen LogP contribution in [0.25, 0.3) is 0 Å². The van der Waals surface area contributed by atoms with Gasteiger partial charge in [0.2, 0.25) is 0 Å². The van der Waals surface area contributed by atoms with Crippen molar-refractivity contribution < 1.29 is 20.4 Å². The Labute approximate surface area is 70.5 Å². The van der Waals surface area contributed by atoms with Crippen LogP contribution in [0, 0.1) is 17.8 Å². The second-order valence-electron chi connectivity index (χ2n) is 3.98. The Hall–Kier alpha value is -0.160. The van der Waals surface area contributed by atoms with E-state index >= 15 is 0 Å². The van der Waals surface area contributed by atoms with Gasteiger partial charge in [-0.25, -0.2) is 0 Å². The smallest absolute Gasteiger partial charge is 0.106 e. The molecule has 4 N–H and O–H groups in total. The summed E-state index contributed by atoms with van der Waals surface area (Å²) in [5.41, 5.74) is 0. The molecule has 0 aromatic rings. The van der Waals surface area contributed by atoms with Crippen molar-refractivity contribution in [1.82, 2.24) is 0 Å². The van der Waals surface area contributed by atoms with Crippen LogP contribution in [0.1, 0.15) is 6.92 Å². The van der Waals surface area contributed by atoms with E-state index < -0.39 is 24.4 Å². The highest BCUT2D eigenvalue weighted by Gasteiger charge is 2.62. The number of aliphatic hydroxyl groups excluding tert-OH is 4. The molecule has 0 aliphatic heterocycles. The number of fused-ring (bicyclic) bond motifs is 1. The molecule has 0 saturated heterocycles. The molecule has 0 heterocycles. The number of hydrogen-bond donors (Lipinski definition) is 4. The standard InChI is InChI=1S/C8H14O4/c1-2-3-4(5(2)9)7(11)8(12)6(3)10/h2-12H,1H3. The van der Waals surface area contributed by atoms with E-state index in [-0.39, 0.29) is 17.8 Å². The molecule has 4 nitrogen and oxygen atoms in total. The van der Waals surface area contributed by atoms with Gasteiger partial charge in [-0.3, -0.25) is 0 Å². The molecule has 0 aromatic carbocycles. The highest BCUT2D eigenvalue weighted by molar-refractivity contribution is 5.10. The summed E-state index contributed by atoms with van der Waals surface area (Å²) in [6.45, 7) is 1.82. The number of hydrogen-bond acceptors (Lipinski definition) is 4. The SMILES string of the molecule is CC1C(O)C2C(O)C(O)C(O)C12. The molecule has 12 heavy (non-hydrogen) atoms. The Bertz CT molecular complexity index is 175. The second kappa shape index (κ2) is 2.42. The van der Waals surface area contributed by atoms with E-state index in [1.807, 2.05) is 6.92 Å². The summed E-state index contributed by atoms with van der Waals surface area (Å²) >= 11 is 0. The molecule has 2 aliphatic rings. The predicted octanol–water partition coefficient (Wildman–Crippen LogP) is -1.67. The minimum Gasteiger partial charge on any atom is -0.392 e. The Morgan fingerprint density at radius 3 is 1.67 bits per heavy atom. The second-order valence-corrected chi connectivity index (χ2v) is 3.98. The number of rotatable bonds is 0. The van der Waals surface area contributed by atoms with Crippen LogP contribution in [0.3, 0.4) is 0 Å². The normalized spacial score (nSPS) is 64.2. The summed E-state index contributed by atoms with van der Waals surface area (Å²) in [5, 5.41) is 37.5. The maximum atomic E-state index is 9.43. The Kier molecular flexibility index (Phi) is 1.70.